The molecule has 1 aliphatic rings. The third-order valence-corrected chi connectivity index (χ3v) is 4.74. The van der Waals surface area contributed by atoms with Gasteiger partial charge in [0.2, 0.25) is 11.8 Å². The van der Waals surface area contributed by atoms with Crippen molar-refractivity contribution in [2.75, 3.05) is 10.6 Å². The number of hydrogen-bond donors (Lipinski definition) is 2. The largest absolute Gasteiger partial charge is 0.326 e. The molecule has 0 aliphatic heterocycles. The second-order valence-electron chi connectivity index (χ2n) is 7.06. The van der Waals surface area contributed by atoms with Gasteiger partial charge in [-0.2, -0.15) is 0 Å². The SMILES string of the molecule is Cc1ccc(NC(=O)C2CC2C(=O)Nc2ccc(C)cc2C)c(C)c1. The minimum absolute atomic E-state index is 0.0762. The molecule has 0 spiro atoms. The lowest BCUT2D eigenvalue weighted by molar-refractivity contribution is -0.122. The molecule has 1 aliphatic carbocycles. The average Bonchev–Trinajstić information content (AvgIpc) is 3.33. The van der Waals surface area contributed by atoms with E-state index in [1.807, 2.05) is 64.1 Å². The number of carbonyl (C=O) groups is 2. The van der Waals surface area contributed by atoms with Crippen LogP contribution in [0, 0.1) is 39.5 Å². The molecule has 2 N–H and O–H groups in total. The molecular formula is C21H24N2O2. The van der Waals surface area contributed by atoms with Crippen molar-refractivity contribution < 1.29 is 9.59 Å². The fourth-order valence-electron chi connectivity index (χ4n) is 3.13. The summed E-state index contributed by atoms with van der Waals surface area (Å²) in [5, 5.41) is 5.90. The van der Waals surface area contributed by atoms with Gasteiger partial charge in [0.1, 0.15) is 0 Å². The summed E-state index contributed by atoms with van der Waals surface area (Å²) in [5.41, 5.74) is 6.02. The van der Waals surface area contributed by atoms with Crippen LogP contribution in [-0.2, 0) is 9.59 Å². The van der Waals surface area contributed by atoms with Crippen molar-refractivity contribution in [3.8, 4) is 0 Å². The van der Waals surface area contributed by atoms with E-state index in [2.05, 4.69) is 10.6 Å². The summed E-state index contributed by atoms with van der Waals surface area (Å²) in [6, 6.07) is 11.8. The standard InChI is InChI=1S/C21H24N2O2/c1-12-5-7-18(14(3)9-12)22-20(24)16-11-17(16)21(25)23-19-8-6-13(2)10-15(19)4/h5-10,16-17H,11H2,1-4H3,(H,22,24)(H,23,25). The van der Waals surface area contributed by atoms with Gasteiger partial charge in [0.15, 0.2) is 0 Å². The Balaban J connectivity index is 1.59. The van der Waals surface area contributed by atoms with Crippen LogP contribution in [0.25, 0.3) is 0 Å². The maximum absolute atomic E-state index is 12.4. The van der Waals surface area contributed by atoms with Gasteiger partial charge in [-0.05, 0) is 57.4 Å². The van der Waals surface area contributed by atoms with Crippen LogP contribution in [-0.4, -0.2) is 11.8 Å². The fraction of sp³-hybridized carbons (Fsp3) is 0.333. The number of anilines is 2. The van der Waals surface area contributed by atoms with Crippen molar-refractivity contribution in [2.45, 2.75) is 34.1 Å². The zero-order valence-corrected chi connectivity index (χ0v) is 15.1. The Morgan fingerprint density at radius 2 is 1.16 bits per heavy atom. The molecule has 2 atom stereocenters. The van der Waals surface area contributed by atoms with E-state index in [0.717, 1.165) is 33.6 Å². The van der Waals surface area contributed by atoms with Gasteiger partial charge in [0.05, 0.1) is 11.8 Å². The Bertz CT molecular complexity index is 772. The molecule has 0 radical (unpaired) electrons. The lowest BCUT2D eigenvalue weighted by Gasteiger charge is -2.10. The summed E-state index contributed by atoms with van der Waals surface area (Å²) in [5.74, 6) is -0.640. The van der Waals surface area contributed by atoms with Crippen LogP contribution < -0.4 is 10.6 Å². The lowest BCUT2D eigenvalue weighted by Crippen LogP contribution is -2.21. The average molecular weight is 336 g/mol. The summed E-state index contributed by atoms with van der Waals surface area (Å²) < 4.78 is 0. The van der Waals surface area contributed by atoms with Crippen molar-refractivity contribution in [3.63, 3.8) is 0 Å². The normalized spacial score (nSPS) is 18.6. The Morgan fingerprint density at radius 3 is 1.52 bits per heavy atom. The van der Waals surface area contributed by atoms with Gasteiger partial charge >= 0.3 is 0 Å². The first-order chi connectivity index (χ1) is 11.8. The smallest absolute Gasteiger partial charge is 0.228 e. The highest BCUT2D eigenvalue weighted by Crippen LogP contribution is 2.40. The number of nitrogens with one attached hydrogen (secondary N) is 2. The van der Waals surface area contributed by atoms with Crippen LogP contribution in [0.4, 0.5) is 11.4 Å². The molecule has 25 heavy (non-hydrogen) atoms. The summed E-state index contributed by atoms with van der Waals surface area (Å²) in [4.78, 5) is 24.8. The predicted molar refractivity (Wildman–Crippen MR) is 101 cm³/mol. The molecule has 0 aromatic heterocycles. The number of carbonyl (C=O) groups excluding carboxylic acids is 2. The van der Waals surface area contributed by atoms with Gasteiger partial charge < -0.3 is 10.6 Å². The topological polar surface area (TPSA) is 58.2 Å². The monoisotopic (exact) mass is 336 g/mol. The molecule has 3 rings (SSSR count). The van der Waals surface area contributed by atoms with Crippen LogP contribution in [0.15, 0.2) is 36.4 Å². The summed E-state index contributed by atoms with van der Waals surface area (Å²) >= 11 is 0. The second-order valence-corrected chi connectivity index (χ2v) is 7.06. The molecule has 2 amide bonds. The van der Waals surface area contributed by atoms with Gasteiger partial charge in [-0.1, -0.05) is 35.4 Å². The highest BCUT2D eigenvalue weighted by molar-refractivity contribution is 6.03. The van der Waals surface area contributed by atoms with Crippen molar-refractivity contribution >= 4 is 23.2 Å². The molecule has 4 nitrogen and oxygen atoms in total. The maximum Gasteiger partial charge on any atom is 0.228 e. The van der Waals surface area contributed by atoms with Gasteiger partial charge in [0.25, 0.3) is 0 Å². The molecule has 2 aromatic carbocycles. The quantitative estimate of drug-likeness (QED) is 0.882. The molecule has 4 heteroatoms. The molecule has 130 valence electrons. The van der Waals surface area contributed by atoms with Gasteiger partial charge in [-0.15, -0.1) is 0 Å². The highest BCUT2D eigenvalue weighted by Gasteiger charge is 2.48. The van der Waals surface area contributed by atoms with Crippen molar-refractivity contribution in [2.24, 2.45) is 11.8 Å². The van der Waals surface area contributed by atoms with Crippen LogP contribution >= 0.6 is 0 Å². The van der Waals surface area contributed by atoms with E-state index in [0.29, 0.717) is 6.42 Å². The van der Waals surface area contributed by atoms with E-state index in [1.54, 1.807) is 0 Å². The first kappa shape index (κ1) is 17.2. The highest BCUT2D eigenvalue weighted by atomic mass is 16.2. The minimum atomic E-state index is -0.244. The van der Waals surface area contributed by atoms with E-state index in [1.165, 1.54) is 0 Å². The molecule has 0 bridgehead atoms. The van der Waals surface area contributed by atoms with E-state index < -0.39 is 0 Å². The lowest BCUT2D eigenvalue weighted by atomic mass is 10.1. The van der Waals surface area contributed by atoms with Crippen LogP contribution in [0.1, 0.15) is 28.7 Å². The number of benzene rings is 2. The zero-order chi connectivity index (χ0) is 18.1. The molecule has 0 heterocycles. The third-order valence-electron chi connectivity index (χ3n) is 4.74. The van der Waals surface area contributed by atoms with Crippen molar-refractivity contribution in [1.82, 2.24) is 0 Å². The Labute approximate surface area is 148 Å². The predicted octanol–water partition coefficient (Wildman–Crippen LogP) is 4.13. The number of aryl methyl sites for hydroxylation is 4. The molecule has 2 aromatic rings. The Kier molecular flexibility index (Phi) is 4.62. The van der Waals surface area contributed by atoms with Crippen LogP contribution in [0.3, 0.4) is 0 Å². The Hall–Kier alpha value is -2.62. The number of amides is 2. The van der Waals surface area contributed by atoms with E-state index >= 15 is 0 Å². The second kappa shape index (κ2) is 6.71. The molecule has 1 fully saturated rings. The van der Waals surface area contributed by atoms with Crippen molar-refractivity contribution in [3.05, 3.63) is 58.7 Å². The van der Waals surface area contributed by atoms with E-state index in [-0.39, 0.29) is 23.7 Å². The maximum atomic E-state index is 12.4. The minimum Gasteiger partial charge on any atom is -0.326 e. The summed E-state index contributed by atoms with van der Waals surface area (Å²) in [7, 11) is 0. The molecule has 1 saturated carbocycles. The Morgan fingerprint density at radius 1 is 0.760 bits per heavy atom. The van der Waals surface area contributed by atoms with Gasteiger partial charge in [-0.3, -0.25) is 9.59 Å². The van der Waals surface area contributed by atoms with E-state index in [4.69, 9.17) is 0 Å². The molecular weight excluding hydrogens is 312 g/mol. The van der Waals surface area contributed by atoms with Gasteiger partial charge in [0, 0.05) is 11.4 Å². The van der Waals surface area contributed by atoms with Crippen LogP contribution in [0.2, 0.25) is 0 Å². The first-order valence-corrected chi connectivity index (χ1v) is 8.61. The van der Waals surface area contributed by atoms with Crippen LogP contribution in [0.5, 0.6) is 0 Å². The van der Waals surface area contributed by atoms with Gasteiger partial charge in [-0.25, -0.2) is 0 Å². The van der Waals surface area contributed by atoms with Crippen molar-refractivity contribution in [1.29, 1.82) is 0 Å². The first-order valence-electron chi connectivity index (χ1n) is 8.61. The summed E-state index contributed by atoms with van der Waals surface area (Å²) in [6.45, 7) is 7.99. The molecule has 0 saturated heterocycles. The molecule has 2 unspecified atom stereocenters. The number of hydrogen-bond acceptors (Lipinski definition) is 2. The zero-order valence-electron chi connectivity index (χ0n) is 15.1. The third kappa shape index (κ3) is 3.90. The summed E-state index contributed by atoms with van der Waals surface area (Å²) in [6.07, 6.45) is 0.605. The fourth-order valence-corrected chi connectivity index (χ4v) is 3.13. The number of rotatable bonds is 4. The van der Waals surface area contributed by atoms with E-state index in [9.17, 15) is 9.59 Å².